The number of aliphatic hydroxyl groups is 1. The second-order valence-electron chi connectivity index (χ2n) is 5.97. The first-order valence-electron chi connectivity index (χ1n) is 7.13. The molecule has 1 unspecified atom stereocenters. The quantitative estimate of drug-likeness (QED) is 0.680. The van der Waals surface area contributed by atoms with Crippen molar-refractivity contribution in [2.24, 2.45) is 11.1 Å². The summed E-state index contributed by atoms with van der Waals surface area (Å²) in [7, 11) is 0. The summed E-state index contributed by atoms with van der Waals surface area (Å²) in [6.07, 6.45) is 1.73. The summed E-state index contributed by atoms with van der Waals surface area (Å²) in [5.74, 6) is 0.0161. The van der Waals surface area contributed by atoms with Gasteiger partial charge in [0.05, 0.1) is 0 Å². The van der Waals surface area contributed by atoms with Crippen molar-refractivity contribution < 1.29 is 9.90 Å². The zero-order valence-corrected chi connectivity index (χ0v) is 12.4. The molecule has 112 valence electrons. The van der Waals surface area contributed by atoms with Gasteiger partial charge < -0.3 is 16.2 Å². The number of hydrogen-bond donors (Lipinski definition) is 3. The van der Waals surface area contributed by atoms with Crippen LogP contribution in [0.2, 0.25) is 0 Å². The number of amides is 1. The van der Waals surface area contributed by atoms with Crippen LogP contribution in [0.1, 0.15) is 44.7 Å². The first kappa shape index (κ1) is 16.7. The fourth-order valence-electron chi connectivity index (χ4n) is 1.97. The second-order valence-corrected chi connectivity index (χ2v) is 5.97. The second kappa shape index (κ2) is 8.02. The van der Waals surface area contributed by atoms with E-state index in [1.54, 1.807) is 0 Å². The minimum absolute atomic E-state index is 0.0161. The average Bonchev–Trinajstić information content (AvgIpc) is 2.43. The number of nitrogens with one attached hydrogen (secondary N) is 1. The minimum atomic E-state index is -0.104. The first-order valence-corrected chi connectivity index (χ1v) is 7.13. The van der Waals surface area contributed by atoms with Gasteiger partial charge in [-0.1, -0.05) is 44.2 Å². The van der Waals surface area contributed by atoms with Gasteiger partial charge in [0.15, 0.2) is 0 Å². The van der Waals surface area contributed by atoms with Crippen LogP contribution in [0.3, 0.4) is 0 Å². The molecule has 0 aliphatic carbocycles. The Morgan fingerprint density at radius 3 is 2.60 bits per heavy atom. The third-order valence-electron chi connectivity index (χ3n) is 3.46. The van der Waals surface area contributed by atoms with Gasteiger partial charge in [0.2, 0.25) is 5.91 Å². The van der Waals surface area contributed by atoms with Crippen molar-refractivity contribution in [2.45, 2.75) is 39.2 Å². The molecule has 0 aromatic heterocycles. The molecule has 1 atom stereocenters. The molecule has 0 radical (unpaired) electrons. The number of aliphatic hydroxyl groups excluding tert-OH is 1. The van der Waals surface area contributed by atoms with Crippen LogP contribution in [0.15, 0.2) is 30.3 Å². The topological polar surface area (TPSA) is 75.3 Å². The molecule has 0 aliphatic heterocycles. The molecule has 1 aromatic carbocycles. The highest BCUT2D eigenvalue weighted by atomic mass is 16.3. The molecule has 0 saturated carbocycles. The van der Waals surface area contributed by atoms with E-state index in [1.807, 2.05) is 44.2 Å². The van der Waals surface area contributed by atoms with Crippen molar-refractivity contribution in [2.75, 3.05) is 13.2 Å². The van der Waals surface area contributed by atoms with E-state index in [2.05, 4.69) is 5.32 Å². The van der Waals surface area contributed by atoms with Gasteiger partial charge in [0.1, 0.15) is 0 Å². The Labute approximate surface area is 121 Å². The largest absolute Gasteiger partial charge is 0.396 e. The number of nitrogens with two attached hydrogens (primary N) is 1. The Hall–Kier alpha value is -1.39. The highest BCUT2D eigenvalue weighted by Crippen LogP contribution is 2.18. The van der Waals surface area contributed by atoms with Crippen LogP contribution < -0.4 is 11.1 Å². The van der Waals surface area contributed by atoms with E-state index in [4.69, 9.17) is 10.8 Å². The number of benzene rings is 1. The predicted molar refractivity (Wildman–Crippen MR) is 81.1 cm³/mol. The maximum Gasteiger partial charge on any atom is 0.220 e. The molecule has 20 heavy (non-hydrogen) atoms. The smallest absolute Gasteiger partial charge is 0.220 e. The van der Waals surface area contributed by atoms with Crippen molar-refractivity contribution in [1.82, 2.24) is 5.32 Å². The molecule has 4 N–H and O–H groups in total. The molecule has 0 bridgehead atoms. The van der Waals surface area contributed by atoms with Gasteiger partial charge in [-0.2, -0.15) is 0 Å². The van der Waals surface area contributed by atoms with Crippen LogP contribution >= 0.6 is 0 Å². The summed E-state index contributed by atoms with van der Waals surface area (Å²) < 4.78 is 0. The molecule has 1 rings (SSSR count). The first-order chi connectivity index (χ1) is 9.44. The predicted octanol–water partition coefficient (Wildman–Crippen LogP) is 1.99. The van der Waals surface area contributed by atoms with Gasteiger partial charge in [-0.05, 0) is 23.8 Å². The van der Waals surface area contributed by atoms with Gasteiger partial charge in [-0.3, -0.25) is 4.79 Å². The molecule has 1 aromatic rings. The molecule has 0 fully saturated rings. The van der Waals surface area contributed by atoms with Crippen LogP contribution in [-0.2, 0) is 4.79 Å². The Kier molecular flexibility index (Phi) is 6.68. The molecule has 0 spiro atoms. The van der Waals surface area contributed by atoms with Gasteiger partial charge in [-0.15, -0.1) is 0 Å². The van der Waals surface area contributed by atoms with E-state index >= 15 is 0 Å². The standard InChI is InChI=1S/C16H26N2O2/c1-16(2,10-11-19)12-18-15(20)9-8-14(17)13-6-4-3-5-7-13/h3-7,14,19H,8-12,17H2,1-2H3,(H,18,20). The Bertz CT molecular complexity index is 404. The van der Waals surface area contributed by atoms with Crippen molar-refractivity contribution >= 4 is 5.91 Å². The monoisotopic (exact) mass is 278 g/mol. The van der Waals surface area contributed by atoms with E-state index in [0.29, 0.717) is 25.8 Å². The van der Waals surface area contributed by atoms with Crippen LogP contribution in [0.5, 0.6) is 0 Å². The Balaban J connectivity index is 2.30. The third kappa shape index (κ3) is 6.17. The number of rotatable bonds is 8. The zero-order valence-electron chi connectivity index (χ0n) is 12.4. The lowest BCUT2D eigenvalue weighted by Crippen LogP contribution is -2.34. The minimum Gasteiger partial charge on any atom is -0.396 e. The summed E-state index contributed by atoms with van der Waals surface area (Å²) >= 11 is 0. The van der Waals surface area contributed by atoms with Crippen molar-refractivity contribution in [3.8, 4) is 0 Å². The molecule has 1 amide bonds. The van der Waals surface area contributed by atoms with E-state index in [9.17, 15) is 4.79 Å². The molecule has 0 saturated heterocycles. The van der Waals surface area contributed by atoms with Crippen molar-refractivity contribution in [3.63, 3.8) is 0 Å². The van der Waals surface area contributed by atoms with E-state index in [0.717, 1.165) is 5.56 Å². The van der Waals surface area contributed by atoms with Crippen molar-refractivity contribution in [3.05, 3.63) is 35.9 Å². The van der Waals surface area contributed by atoms with Crippen LogP contribution in [-0.4, -0.2) is 24.2 Å². The maximum atomic E-state index is 11.8. The van der Waals surface area contributed by atoms with E-state index < -0.39 is 0 Å². The number of carbonyl (C=O) groups is 1. The summed E-state index contributed by atoms with van der Waals surface area (Å²) in [4.78, 5) is 11.8. The fraction of sp³-hybridized carbons (Fsp3) is 0.562. The van der Waals surface area contributed by atoms with E-state index in [1.165, 1.54) is 0 Å². The summed E-state index contributed by atoms with van der Waals surface area (Å²) in [6.45, 7) is 4.77. The van der Waals surface area contributed by atoms with Gasteiger partial charge in [0, 0.05) is 25.6 Å². The zero-order chi connectivity index (χ0) is 15.0. The molecule has 4 nitrogen and oxygen atoms in total. The van der Waals surface area contributed by atoms with Gasteiger partial charge in [-0.25, -0.2) is 0 Å². The Morgan fingerprint density at radius 1 is 1.35 bits per heavy atom. The van der Waals surface area contributed by atoms with Crippen LogP contribution in [0.4, 0.5) is 0 Å². The van der Waals surface area contributed by atoms with E-state index in [-0.39, 0.29) is 24.0 Å². The third-order valence-corrected chi connectivity index (χ3v) is 3.46. The lowest BCUT2D eigenvalue weighted by atomic mass is 9.89. The normalized spacial score (nSPS) is 13.0. The van der Waals surface area contributed by atoms with Gasteiger partial charge >= 0.3 is 0 Å². The van der Waals surface area contributed by atoms with Crippen LogP contribution in [0, 0.1) is 5.41 Å². The molecular weight excluding hydrogens is 252 g/mol. The highest BCUT2D eigenvalue weighted by Gasteiger charge is 2.18. The van der Waals surface area contributed by atoms with Gasteiger partial charge in [0.25, 0.3) is 0 Å². The molecular formula is C16H26N2O2. The Morgan fingerprint density at radius 2 is 2.00 bits per heavy atom. The molecule has 4 heteroatoms. The highest BCUT2D eigenvalue weighted by molar-refractivity contribution is 5.75. The molecule has 0 aliphatic rings. The number of hydrogen-bond acceptors (Lipinski definition) is 3. The molecule has 0 heterocycles. The fourth-order valence-corrected chi connectivity index (χ4v) is 1.97. The lowest BCUT2D eigenvalue weighted by molar-refractivity contribution is -0.121. The summed E-state index contributed by atoms with van der Waals surface area (Å²) in [6, 6.07) is 9.71. The van der Waals surface area contributed by atoms with Crippen molar-refractivity contribution in [1.29, 1.82) is 0 Å². The average molecular weight is 278 g/mol. The lowest BCUT2D eigenvalue weighted by Gasteiger charge is -2.24. The number of carbonyl (C=O) groups excluding carboxylic acids is 1. The SMILES string of the molecule is CC(C)(CCO)CNC(=O)CCC(N)c1ccccc1. The summed E-state index contributed by atoms with van der Waals surface area (Å²) in [5, 5.41) is 11.8. The summed E-state index contributed by atoms with van der Waals surface area (Å²) in [5.41, 5.74) is 7.04. The van der Waals surface area contributed by atoms with Crippen LogP contribution in [0.25, 0.3) is 0 Å². The maximum absolute atomic E-state index is 11.8.